The van der Waals surface area contributed by atoms with Crippen LogP contribution in [0.25, 0.3) is 5.65 Å². The van der Waals surface area contributed by atoms with Gasteiger partial charge >= 0.3 is 0 Å². The molecule has 1 aromatic carbocycles. The van der Waals surface area contributed by atoms with Crippen LogP contribution in [0.3, 0.4) is 0 Å². The monoisotopic (exact) mass is 356 g/mol. The maximum Gasteiger partial charge on any atom is 0.272 e. The van der Waals surface area contributed by atoms with E-state index in [1.54, 1.807) is 25.1 Å². The zero-order valence-corrected chi connectivity index (χ0v) is 14.8. The highest BCUT2D eigenvalue weighted by molar-refractivity contribution is 6.08. The Morgan fingerprint density at radius 1 is 1.23 bits per heavy atom. The Bertz CT molecular complexity index is 1010. The van der Waals surface area contributed by atoms with Gasteiger partial charge in [0.05, 0.1) is 18.9 Å². The Morgan fingerprint density at radius 3 is 2.73 bits per heavy atom. The predicted molar refractivity (Wildman–Crippen MR) is 97.3 cm³/mol. The van der Waals surface area contributed by atoms with Crippen LogP contribution in [0.15, 0.2) is 35.3 Å². The van der Waals surface area contributed by atoms with Crippen LogP contribution < -0.4 is 20.3 Å². The Labute approximate surface area is 149 Å². The summed E-state index contributed by atoms with van der Waals surface area (Å²) in [5.41, 5.74) is 1.27. The minimum absolute atomic E-state index is 0.259. The van der Waals surface area contributed by atoms with Crippen molar-refractivity contribution in [3.63, 3.8) is 0 Å². The fourth-order valence-electron chi connectivity index (χ4n) is 2.60. The highest BCUT2D eigenvalue weighted by Crippen LogP contribution is 2.30. The summed E-state index contributed by atoms with van der Waals surface area (Å²) in [7, 11) is 0. The number of ether oxygens (including phenoxy) is 2. The van der Waals surface area contributed by atoms with Gasteiger partial charge in [-0.25, -0.2) is 9.50 Å². The second kappa shape index (κ2) is 7.30. The quantitative estimate of drug-likeness (QED) is 0.707. The second-order valence-corrected chi connectivity index (χ2v) is 5.56. The molecule has 3 aromatic rings. The van der Waals surface area contributed by atoms with Crippen molar-refractivity contribution in [3.8, 4) is 11.5 Å². The number of nitrogens with zero attached hydrogens (tertiary/aromatic N) is 2. The number of fused-ring (bicyclic) bond motifs is 1. The van der Waals surface area contributed by atoms with E-state index in [-0.39, 0.29) is 16.8 Å². The first-order valence-corrected chi connectivity index (χ1v) is 8.32. The first-order valence-electron chi connectivity index (χ1n) is 8.32. The molecule has 0 spiro atoms. The van der Waals surface area contributed by atoms with Crippen molar-refractivity contribution in [1.82, 2.24) is 14.6 Å². The molecule has 0 aliphatic rings. The third-order valence-electron chi connectivity index (χ3n) is 3.68. The van der Waals surface area contributed by atoms with Gasteiger partial charge in [-0.2, -0.15) is 0 Å². The fourth-order valence-corrected chi connectivity index (χ4v) is 2.60. The van der Waals surface area contributed by atoms with Crippen LogP contribution >= 0.6 is 0 Å². The third kappa shape index (κ3) is 3.39. The molecule has 2 heterocycles. The second-order valence-electron chi connectivity index (χ2n) is 5.56. The normalized spacial score (nSPS) is 10.7. The summed E-state index contributed by atoms with van der Waals surface area (Å²) in [4.78, 5) is 29.0. The van der Waals surface area contributed by atoms with Crippen LogP contribution in [-0.4, -0.2) is 33.7 Å². The summed E-state index contributed by atoms with van der Waals surface area (Å²) in [6, 6.07) is 6.61. The van der Waals surface area contributed by atoms with Crippen LogP contribution in [0, 0.1) is 6.92 Å². The number of H-pyrrole nitrogens is 1. The van der Waals surface area contributed by atoms with Crippen molar-refractivity contribution >= 4 is 17.2 Å². The number of benzene rings is 1. The molecule has 2 aromatic heterocycles. The maximum absolute atomic E-state index is 12.8. The van der Waals surface area contributed by atoms with E-state index in [0.29, 0.717) is 36.1 Å². The molecule has 136 valence electrons. The zero-order valence-electron chi connectivity index (χ0n) is 14.8. The van der Waals surface area contributed by atoms with Gasteiger partial charge in [0, 0.05) is 24.0 Å². The molecule has 0 saturated carbocycles. The third-order valence-corrected chi connectivity index (χ3v) is 3.68. The summed E-state index contributed by atoms with van der Waals surface area (Å²) >= 11 is 0. The number of rotatable bonds is 6. The van der Waals surface area contributed by atoms with E-state index in [9.17, 15) is 9.59 Å². The number of nitrogens with one attached hydrogen (secondary N) is 2. The number of amides is 1. The lowest BCUT2D eigenvalue weighted by Gasteiger charge is -2.13. The summed E-state index contributed by atoms with van der Waals surface area (Å²) in [6.45, 7) is 6.41. The lowest BCUT2D eigenvalue weighted by atomic mass is 10.2. The molecule has 8 heteroatoms. The largest absolute Gasteiger partial charge is 0.494 e. The SMILES string of the molecule is CCOc1ccc(OCC)c(NC(=O)c2c[nH]n3c(=O)cc(C)nc23)c1. The minimum atomic E-state index is -0.407. The fraction of sp³-hybridized carbons (Fsp3) is 0.278. The lowest BCUT2D eigenvalue weighted by molar-refractivity contribution is 0.102. The number of aromatic nitrogens is 3. The first kappa shape index (κ1) is 17.5. The molecule has 0 atom stereocenters. The summed E-state index contributed by atoms with van der Waals surface area (Å²) in [5.74, 6) is 0.747. The van der Waals surface area contributed by atoms with Crippen molar-refractivity contribution in [2.24, 2.45) is 0 Å². The molecular formula is C18H20N4O4. The van der Waals surface area contributed by atoms with E-state index in [4.69, 9.17) is 9.47 Å². The number of anilines is 1. The molecule has 0 bridgehead atoms. The van der Waals surface area contributed by atoms with E-state index in [0.717, 1.165) is 0 Å². The van der Waals surface area contributed by atoms with Crippen LogP contribution in [0.4, 0.5) is 5.69 Å². The van der Waals surface area contributed by atoms with E-state index in [1.165, 1.54) is 16.8 Å². The smallest absolute Gasteiger partial charge is 0.272 e. The first-order chi connectivity index (χ1) is 12.5. The summed E-state index contributed by atoms with van der Waals surface area (Å²) in [6.07, 6.45) is 1.45. The maximum atomic E-state index is 12.8. The van der Waals surface area contributed by atoms with Gasteiger partial charge in [-0.15, -0.1) is 0 Å². The molecule has 1 amide bonds. The van der Waals surface area contributed by atoms with Gasteiger partial charge in [-0.3, -0.25) is 14.7 Å². The highest BCUT2D eigenvalue weighted by atomic mass is 16.5. The number of carbonyl (C=O) groups is 1. The van der Waals surface area contributed by atoms with Crippen LogP contribution in [-0.2, 0) is 0 Å². The standard InChI is InChI=1S/C18H20N4O4/c1-4-25-12-6-7-15(26-5-2)14(9-12)21-18(24)13-10-19-22-16(23)8-11(3)20-17(13)22/h6-10,19H,4-5H2,1-3H3,(H,21,24). The van der Waals surface area contributed by atoms with Crippen molar-refractivity contribution in [2.75, 3.05) is 18.5 Å². The molecule has 8 nitrogen and oxygen atoms in total. The van der Waals surface area contributed by atoms with Crippen LogP contribution in [0.2, 0.25) is 0 Å². The van der Waals surface area contributed by atoms with Gasteiger partial charge in [0.25, 0.3) is 11.5 Å². The number of aryl methyl sites for hydroxylation is 1. The molecular weight excluding hydrogens is 336 g/mol. The van der Waals surface area contributed by atoms with Crippen molar-refractivity contribution in [3.05, 3.63) is 52.1 Å². The molecule has 0 saturated heterocycles. The molecule has 0 aliphatic carbocycles. The van der Waals surface area contributed by atoms with E-state index < -0.39 is 5.91 Å². The number of hydrogen-bond acceptors (Lipinski definition) is 5. The predicted octanol–water partition coefficient (Wildman–Crippen LogP) is 2.38. The number of aromatic amines is 1. The topological polar surface area (TPSA) is 97.7 Å². The Hall–Kier alpha value is -3.29. The van der Waals surface area contributed by atoms with Crippen molar-refractivity contribution < 1.29 is 14.3 Å². The van der Waals surface area contributed by atoms with Gasteiger partial charge < -0.3 is 14.8 Å². The molecule has 26 heavy (non-hydrogen) atoms. The Kier molecular flexibility index (Phi) is 4.92. The lowest BCUT2D eigenvalue weighted by Crippen LogP contribution is -2.17. The van der Waals surface area contributed by atoms with E-state index in [2.05, 4.69) is 15.4 Å². The number of hydrogen-bond donors (Lipinski definition) is 2. The molecule has 3 rings (SSSR count). The molecule has 2 N–H and O–H groups in total. The zero-order chi connectivity index (χ0) is 18.7. The molecule has 0 fully saturated rings. The number of carbonyl (C=O) groups excluding carboxylic acids is 1. The van der Waals surface area contributed by atoms with Gasteiger partial charge in [0.15, 0.2) is 5.65 Å². The average Bonchev–Trinajstić information content (AvgIpc) is 3.02. The van der Waals surface area contributed by atoms with Crippen LogP contribution in [0.1, 0.15) is 29.9 Å². The summed E-state index contributed by atoms with van der Waals surface area (Å²) < 4.78 is 12.3. The molecule has 0 unspecified atom stereocenters. The van der Waals surface area contributed by atoms with E-state index >= 15 is 0 Å². The van der Waals surface area contributed by atoms with Gasteiger partial charge in [0.1, 0.15) is 17.1 Å². The van der Waals surface area contributed by atoms with E-state index in [1.807, 2.05) is 13.8 Å². The van der Waals surface area contributed by atoms with Gasteiger partial charge in [0.2, 0.25) is 0 Å². The van der Waals surface area contributed by atoms with Crippen molar-refractivity contribution in [2.45, 2.75) is 20.8 Å². The summed E-state index contributed by atoms with van der Waals surface area (Å²) in [5, 5.41) is 5.56. The average molecular weight is 356 g/mol. The molecule has 0 radical (unpaired) electrons. The Balaban J connectivity index is 1.97. The molecule has 0 aliphatic heterocycles. The Morgan fingerprint density at radius 2 is 2.00 bits per heavy atom. The highest BCUT2D eigenvalue weighted by Gasteiger charge is 2.17. The van der Waals surface area contributed by atoms with Crippen LogP contribution in [0.5, 0.6) is 11.5 Å². The van der Waals surface area contributed by atoms with Gasteiger partial charge in [-0.05, 0) is 32.9 Å². The minimum Gasteiger partial charge on any atom is -0.494 e. The van der Waals surface area contributed by atoms with Crippen molar-refractivity contribution in [1.29, 1.82) is 0 Å². The van der Waals surface area contributed by atoms with Gasteiger partial charge in [-0.1, -0.05) is 0 Å².